The van der Waals surface area contributed by atoms with Crippen LogP contribution in [0.1, 0.15) is 37.4 Å². The molecule has 4 rings (SSSR count). The second-order valence-corrected chi connectivity index (χ2v) is 5.73. The van der Waals surface area contributed by atoms with Gasteiger partial charge >= 0.3 is 5.97 Å². The van der Waals surface area contributed by atoms with Crippen LogP contribution in [0.3, 0.4) is 0 Å². The average molecular weight is 332 g/mol. The highest BCUT2D eigenvalue weighted by atomic mass is 16.4. The molecule has 0 unspecified atom stereocenters. The lowest BCUT2D eigenvalue weighted by atomic mass is 9.84. The Balaban J connectivity index is 1.92. The molecule has 0 fully saturated rings. The second-order valence-electron chi connectivity index (χ2n) is 5.73. The number of aromatic hydroxyl groups is 1. The van der Waals surface area contributed by atoms with Gasteiger partial charge in [0, 0.05) is 11.1 Å². The first-order valence-electron chi connectivity index (χ1n) is 7.50. The van der Waals surface area contributed by atoms with Crippen molar-refractivity contribution in [3.05, 3.63) is 76.3 Å². The normalized spacial score (nSPS) is 12.6. The summed E-state index contributed by atoms with van der Waals surface area (Å²) in [5, 5.41) is 27.6. The second kappa shape index (κ2) is 5.17. The van der Waals surface area contributed by atoms with E-state index >= 15 is 0 Å². The Morgan fingerprint density at radius 2 is 1.60 bits per heavy atom. The van der Waals surface area contributed by atoms with Crippen LogP contribution in [0.5, 0.6) is 5.88 Å². The molecular weight excluding hydrogens is 320 g/mol. The number of nitrogens with one attached hydrogen (secondary N) is 2. The van der Waals surface area contributed by atoms with Gasteiger partial charge in [-0.15, -0.1) is 0 Å². The summed E-state index contributed by atoms with van der Waals surface area (Å²) < 4.78 is 0. The van der Waals surface area contributed by atoms with Crippen LogP contribution in [0, 0.1) is 5.41 Å². The van der Waals surface area contributed by atoms with Crippen molar-refractivity contribution in [2.45, 2.75) is 0 Å². The number of carbonyl (C=O) groups excluding carboxylic acids is 1. The molecule has 1 aliphatic rings. The number of rotatable bonds is 2. The minimum Gasteiger partial charge on any atom is -0.494 e. The summed E-state index contributed by atoms with van der Waals surface area (Å²) in [7, 11) is 0. The number of hydrogen-bond donors (Lipinski definition) is 4. The molecule has 1 heterocycles. The summed E-state index contributed by atoms with van der Waals surface area (Å²) in [4.78, 5) is 26.7. The molecule has 3 aromatic rings. The number of ketones is 1. The lowest BCUT2D eigenvalue weighted by molar-refractivity contribution is 0.0696. The molecule has 0 bridgehead atoms. The van der Waals surface area contributed by atoms with Crippen molar-refractivity contribution in [2.24, 2.45) is 0 Å². The van der Waals surface area contributed by atoms with E-state index in [0.29, 0.717) is 22.4 Å². The molecule has 122 valence electrons. The van der Waals surface area contributed by atoms with Gasteiger partial charge in [0.05, 0.1) is 28.1 Å². The molecule has 4 N–H and O–H groups in total. The maximum atomic E-state index is 12.9. The van der Waals surface area contributed by atoms with E-state index in [2.05, 4.69) is 4.98 Å². The maximum absolute atomic E-state index is 12.9. The van der Waals surface area contributed by atoms with Gasteiger partial charge in [0.25, 0.3) is 0 Å². The number of aromatic carboxylic acids is 1. The van der Waals surface area contributed by atoms with Gasteiger partial charge in [0.1, 0.15) is 0 Å². The van der Waals surface area contributed by atoms with Crippen LogP contribution in [-0.4, -0.2) is 32.7 Å². The minimum absolute atomic E-state index is 0.0763. The Morgan fingerprint density at radius 3 is 2.24 bits per heavy atom. The SMILES string of the molecule is N=C1c2ccccc2C(=O)c2c(-c3ccc(C(=O)O)cc3)[nH]c(O)c21. The summed E-state index contributed by atoms with van der Waals surface area (Å²) >= 11 is 0. The molecule has 0 saturated carbocycles. The molecule has 0 amide bonds. The van der Waals surface area contributed by atoms with Crippen molar-refractivity contribution in [1.29, 1.82) is 5.41 Å². The number of fused-ring (bicyclic) bond motifs is 2. The van der Waals surface area contributed by atoms with Gasteiger partial charge in [-0.2, -0.15) is 0 Å². The number of carboxylic acid groups (broad SMARTS) is 1. The predicted octanol–water partition coefficient (Wildman–Crippen LogP) is 3.05. The van der Waals surface area contributed by atoms with E-state index in [0.717, 1.165) is 0 Å². The summed E-state index contributed by atoms with van der Waals surface area (Å²) in [5.74, 6) is -1.58. The van der Waals surface area contributed by atoms with Crippen LogP contribution >= 0.6 is 0 Å². The molecule has 25 heavy (non-hydrogen) atoms. The van der Waals surface area contributed by atoms with Crippen LogP contribution in [0.2, 0.25) is 0 Å². The summed E-state index contributed by atoms with van der Waals surface area (Å²) in [5.41, 5.74) is 2.40. The number of H-pyrrole nitrogens is 1. The van der Waals surface area contributed by atoms with E-state index in [1.165, 1.54) is 12.1 Å². The Morgan fingerprint density at radius 1 is 0.960 bits per heavy atom. The first kappa shape index (κ1) is 14.9. The van der Waals surface area contributed by atoms with E-state index in [1.807, 2.05) is 0 Å². The summed E-state index contributed by atoms with van der Waals surface area (Å²) in [6.45, 7) is 0. The van der Waals surface area contributed by atoms with E-state index < -0.39 is 5.97 Å². The number of carboxylic acids is 1. The molecule has 0 atom stereocenters. The van der Waals surface area contributed by atoms with Crippen molar-refractivity contribution in [2.75, 3.05) is 0 Å². The van der Waals surface area contributed by atoms with E-state index in [-0.39, 0.29) is 34.1 Å². The maximum Gasteiger partial charge on any atom is 0.335 e. The number of hydrogen-bond acceptors (Lipinski definition) is 4. The van der Waals surface area contributed by atoms with Gasteiger partial charge in [-0.25, -0.2) is 4.79 Å². The fourth-order valence-electron chi connectivity index (χ4n) is 3.12. The molecule has 6 heteroatoms. The lowest BCUT2D eigenvalue weighted by Crippen LogP contribution is -2.19. The van der Waals surface area contributed by atoms with E-state index in [9.17, 15) is 14.7 Å². The topological polar surface area (TPSA) is 114 Å². The minimum atomic E-state index is -1.05. The molecule has 0 radical (unpaired) electrons. The largest absolute Gasteiger partial charge is 0.494 e. The molecule has 0 aliphatic heterocycles. The standard InChI is InChI=1S/C19H12N2O4/c20-15-11-3-1-2-4-12(11)17(22)14-13(15)18(23)21-16(14)9-5-7-10(8-6-9)19(24)25/h1-8,20-21,23H,(H,24,25). The zero-order valence-corrected chi connectivity index (χ0v) is 12.8. The van der Waals surface area contributed by atoms with Crippen molar-refractivity contribution < 1.29 is 19.8 Å². The van der Waals surface area contributed by atoms with Crippen molar-refractivity contribution in [3.63, 3.8) is 0 Å². The molecule has 1 aliphatic carbocycles. The van der Waals surface area contributed by atoms with Crippen LogP contribution in [0.15, 0.2) is 48.5 Å². The van der Waals surface area contributed by atoms with Gasteiger partial charge in [0.2, 0.25) is 0 Å². The Hall–Kier alpha value is -3.67. The van der Waals surface area contributed by atoms with Crippen molar-refractivity contribution in [3.8, 4) is 17.1 Å². The molecule has 6 nitrogen and oxygen atoms in total. The molecule has 2 aromatic carbocycles. The average Bonchev–Trinajstić information content (AvgIpc) is 2.97. The fraction of sp³-hybridized carbons (Fsp3) is 0. The smallest absolute Gasteiger partial charge is 0.335 e. The third-order valence-corrected chi connectivity index (χ3v) is 4.32. The number of aromatic amines is 1. The number of carbonyl (C=O) groups is 2. The zero-order chi connectivity index (χ0) is 17.7. The van der Waals surface area contributed by atoms with Crippen LogP contribution in [-0.2, 0) is 0 Å². The molecule has 0 saturated heterocycles. The van der Waals surface area contributed by atoms with E-state index in [1.54, 1.807) is 36.4 Å². The first-order chi connectivity index (χ1) is 12.0. The highest BCUT2D eigenvalue weighted by Crippen LogP contribution is 2.38. The molecular formula is C19H12N2O4. The van der Waals surface area contributed by atoms with Crippen LogP contribution < -0.4 is 0 Å². The van der Waals surface area contributed by atoms with Crippen LogP contribution in [0.25, 0.3) is 11.3 Å². The number of aromatic nitrogens is 1. The van der Waals surface area contributed by atoms with Gasteiger partial charge in [0.15, 0.2) is 11.7 Å². The van der Waals surface area contributed by atoms with Gasteiger partial charge in [-0.3, -0.25) is 10.2 Å². The fourth-order valence-corrected chi connectivity index (χ4v) is 3.12. The quantitative estimate of drug-likeness (QED) is 0.451. The monoisotopic (exact) mass is 332 g/mol. The Kier molecular flexibility index (Phi) is 3.08. The van der Waals surface area contributed by atoms with E-state index in [4.69, 9.17) is 10.5 Å². The predicted molar refractivity (Wildman–Crippen MR) is 90.7 cm³/mol. The van der Waals surface area contributed by atoms with Gasteiger partial charge < -0.3 is 15.2 Å². The Bertz CT molecular complexity index is 1060. The van der Waals surface area contributed by atoms with Crippen molar-refractivity contribution >= 4 is 17.5 Å². The highest BCUT2D eigenvalue weighted by Gasteiger charge is 2.34. The highest BCUT2D eigenvalue weighted by molar-refractivity contribution is 6.31. The lowest BCUT2D eigenvalue weighted by Gasteiger charge is -2.17. The molecule has 0 spiro atoms. The molecule has 1 aromatic heterocycles. The third kappa shape index (κ3) is 2.08. The number of benzene rings is 2. The summed E-state index contributed by atoms with van der Waals surface area (Å²) in [6, 6.07) is 12.8. The third-order valence-electron chi connectivity index (χ3n) is 4.32. The summed E-state index contributed by atoms with van der Waals surface area (Å²) in [6.07, 6.45) is 0. The van der Waals surface area contributed by atoms with Crippen LogP contribution in [0.4, 0.5) is 0 Å². The Labute approximate surface area is 141 Å². The van der Waals surface area contributed by atoms with Gasteiger partial charge in [-0.05, 0) is 17.7 Å². The first-order valence-corrected chi connectivity index (χ1v) is 7.50. The van der Waals surface area contributed by atoms with Crippen molar-refractivity contribution in [1.82, 2.24) is 4.98 Å². The zero-order valence-electron chi connectivity index (χ0n) is 12.8. The van der Waals surface area contributed by atoms with Gasteiger partial charge in [-0.1, -0.05) is 36.4 Å².